The topological polar surface area (TPSA) is 101 Å². The largest absolute Gasteiger partial charge is 0.348 e. The van der Waals surface area contributed by atoms with Gasteiger partial charge in [0, 0.05) is 0 Å². The number of benzene rings is 1. The normalized spacial score (nSPS) is 14.5. The Morgan fingerprint density at radius 3 is 2.62 bits per heavy atom. The van der Waals surface area contributed by atoms with Crippen molar-refractivity contribution in [1.82, 2.24) is 10.0 Å². The highest BCUT2D eigenvalue weighted by molar-refractivity contribution is 7.89. The smallest absolute Gasteiger partial charge is 0.240 e. The lowest BCUT2D eigenvalue weighted by Crippen LogP contribution is -2.41. The van der Waals surface area contributed by atoms with Gasteiger partial charge in [0.15, 0.2) is 0 Å². The van der Waals surface area contributed by atoms with Gasteiger partial charge in [0.1, 0.15) is 0 Å². The van der Waals surface area contributed by atoms with Crippen LogP contribution in [0.2, 0.25) is 0 Å². The molecule has 1 aromatic carbocycles. The van der Waals surface area contributed by atoms with Crippen molar-refractivity contribution in [3.63, 3.8) is 0 Å². The van der Waals surface area contributed by atoms with Crippen LogP contribution in [-0.4, -0.2) is 27.4 Å². The Balaban J connectivity index is 2.87. The Labute approximate surface area is 126 Å². The zero-order valence-corrected chi connectivity index (χ0v) is 13.4. The molecule has 1 rings (SSSR count). The van der Waals surface area contributed by atoms with Gasteiger partial charge in [0.05, 0.1) is 17.0 Å². The Hall–Kier alpha value is -1.44. The van der Waals surface area contributed by atoms with E-state index >= 15 is 0 Å². The molecule has 0 bridgehead atoms. The molecule has 0 aromatic heterocycles. The van der Waals surface area contributed by atoms with E-state index in [1.165, 1.54) is 13.1 Å². The highest BCUT2D eigenvalue weighted by Gasteiger charge is 2.17. The van der Waals surface area contributed by atoms with E-state index in [2.05, 4.69) is 10.0 Å². The second kappa shape index (κ2) is 7.53. The van der Waals surface area contributed by atoms with Gasteiger partial charge in [-0.25, -0.2) is 13.1 Å². The van der Waals surface area contributed by atoms with Gasteiger partial charge in [-0.2, -0.15) is 0 Å². The SMILES string of the molecule is CCCC(N)C(=O)NC(C)c1cccc(S(=O)(=O)NC)c1. The number of carbonyl (C=O) groups excluding carboxylic acids is 1. The third-order valence-electron chi connectivity index (χ3n) is 3.23. The van der Waals surface area contributed by atoms with Crippen LogP contribution in [0.1, 0.15) is 38.3 Å². The summed E-state index contributed by atoms with van der Waals surface area (Å²) in [5.74, 6) is -0.230. The van der Waals surface area contributed by atoms with Crippen molar-refractivity contribution >= 4 is 15.9 Å². The maximum Gasteiger partial charge on any atom is 0.240 e. The average molecular weight is 313 g/mol. The molecule has 6 nitrogen and oxygen atoms in total. The van der Waals surface area contributed by atoms with Crippen molar-refractivity contribution in [3.05, 3.63) is 29.8 Å². The summed E-state index contributed by atoms with van der Waals surface area (Å²) in [6.07, 6.45) is 1.45. The number of amides is 1. The number of hydrogen-bond donors (Lipinski definition) is 3. The maximum absolute atomic E-state index is 11.9. The van der Waals surface area contributed by atoms with E-state index in [1.54, 1.807) is 25.1 Å². The molecule has 0 spiro atoms. The standard InChI is InChI=1S/C14H23N3O3S/c1-4-6-13(15)14(18)17-10(2)11-7-5-8-12(9-11)21(19,20)16-3/h5,7-10,13,16H,4,6,15H2,1-3H3,(H,17,18). The zero-order valence-electron chi connectivity index (χ0n) is 12.6. The van der Waals surface area contributed by atoms with E-state index in [9.17, 15) is 13.2 Å². The van der Waals surface area contributed by atoms with E-state index in [0.29, 0.717) is 12.0 Å². The molecule has 0 aliphatic rings. The van der Waals surface area contributed by atoms with Crippen LogP contribution in [0.25, 0.3) is 0 Å². The highest BCUT2D eigenvalue weighted by atomic mass is 32.2. The summed E-state index contributed by atoms with van der Waals surface area (Å²) >= 11 is 0. The minimum absolute atomic E-state index is 0.168. The van der Waals surface area contributed by atoms with Crippen LogP contribution in [0.15, 0.2) is 29.2 Å². The number of sulfonamides is 1. The van der Waals surface area contributed by atoms with Crippen molar-refractivity contribution in [1.29, 1.82) is 0 Å². The summed E-state index contributed by atoms with van der Waals surface area (Å²) in [7, 11) is -2.14. The third-order valence-corrected chi connectivity index (χ3v) is 4.64. The molecule has 1 amide bonds. The number of nitrogens with one attached hydrogen (secondary N) is 2. The van der Waals surface area contributed by atoms with E-state index in [4.69, 9.17) is 5.73 Å². The van der Waals surface area contributed by atoms with Crippen molar-refractivity contribution in [2.75, 3.05) is 7.05 Å². The van der Waals surface area contributed by atoms with Crippen LogP contribution in [-0.2, 0) is 14.8 Å². The van der Waals surface area contributed by atoms with E-state index < -0.39 is 16.1 Å². The molecule has 2 atom stereocenters. The predicted molar refractivity (Wildman–Crippen MR) is 82.1 cm³/mol. The van der Waals surface area contributed by atoms with Gasteiger partial charge in [-0.15, -0.1) is 0 Å². The minimum Gasteiger partial charge on any atom is -0.348 e. The van der Waals surface area contributed by atoms with Gasteiger partial charge < -0.3 is 11.1 Å². The molecule has 0 radical (unpaired) electrons. The Kier molecular flexibility index (Phi) is 6.32. The first-order chi connectivity index (χ1) is 9.81. The second-order valence-corrected chi connectivity index (χ2v) is 6.79. The predicted octanol–water partition coefficient (Wildman–Crippen LogP) is 0.899. The van der Waals surface area contributed by atoms with Gasteiger partial charge in [-0.1, -0.05) is 25.5 Å². The number of rotatable bonds is 7. The van der Waals surface area contributed by atoms with Crippen molar-refractivity contribution in [2.45, 2.75) is 43.7 Å². The first-order valence-electron chi connectivity index (χ1n) is 6.91. The van der Waals surface area contributed by atoms with Gasteiger partial charge in [0.25, 0.3) is 0 Å². The molecule has 0 aliphatic carbocycles. The van der Waals surface area contributed by atoms with Gasteiger partial charge >= 0.3 is 0 Å². The van der Waals surface area contributed by atoms with Crippen LogP contribution >= 0.6 is 0 Å². The van der Waals surface area contributed by atoms with Gasteiger partial charge in [-0.05, 0) is 38.1 Å². The average Bonchev–Trinajstić information content (AvgIpc) is 2.47. The summed E-state index contributed by atoms with van der Waals surface area (Å²) in [6.45, 7) is 3.75. The third kappa shape index (κ3) is 4.80. The fraction of sp³-hybridized carbons (Fsp3) is 0.500. The molecule has 0 fully saturated rings. The van der Waals surface area contributed by atoms with Crippen molar-refractivity contribution < 1.29 is 13.2 Å². The fourth-order valence-electron chi connectivity index (χ4n) is 1.91. The number of nitrogens with two attached hydrogens (primary N) is 1. The van der Waals surface area contributed by atoms with E-state index in [-0.39, 0.29) is 16.8 Å². The van der Waals surface area contributed by atoms with Crippen LogP contribution in [0.4, 0.5) is 0 Å². The molecule has 0 heterocycles. The second-order valence-electron chi connectivity index (χ2n) is 4.91. The first-order valence-corrected chi connectivity index (χ1v) is 8.39. The lowest BCUT2D eigenvalue weighted by atomic mass is 10.1. The molecule has 0 aliphatic heterocycles. The maximum atomic E-state index is 11.9. The lowest BCUT2D eigenvalue weighted by molar-refractivity contribution is -0.123. The molecule has 2 unspecified atom stereocenters. The highest BCUT2D eigenvalue weighted by Crippen LogP contribution is 2.17. The molecule has 0 saturated heterocycles. The summed E-state index contributed by atoms with van der Waals surface area (Å²) in [4.78, 5) is 12.1. The summed E-state index contributed by atoms with van der Waals surface area (Å²) in [6, 6.07) is 5.61. The van der Waals surface area contributed by atoms with Gasteiger partial charge in [0.2, 0.25) is 15.9 Å². The summed E-state index contributed by atoms with van der Waals surface area (Å²) in [5.41, 5.74) is 6.47. The van der Waals surface area contributed by atoms with Gasteiger partial charge in [-0.3, -0.25) is 4.79 Å². The number of carbonyl (C=O) groups is 1. The Bertz CT molecular complexity index is 587. The molecule has 0 saturated carbocycles. The van der Waals surface area contributed by atoms with Crippen LogP contribution in [0, 0.1) is 0 Å². The molecule has 118 valence electrons. The minimum atomic E-state index is -3.50. The van der Waals surface area contributed by atoms with Crippen LogP contribution in [0.5, 0.6) is 0 Å². The summed E-state index contributed by atoms with van der Waals surface area (Å²) in [5, 5.41) is 2.80. The fourth-order valence-corrected chi connectivity index (χ4v) is 2.70. The Morgan fingerprint density at radius 1 is 1.38 bits per heavy atom. The monoisotopic (exact) mass is 313 g/mol. The van der Waals surface area contributed by atoms with Crippen molar-refractivity contribution in [3.8, 4) is 0 Å². The molecular weight excluding hydrogens is 290 g/mol. The summed E-state index contributed by atoms with van der Waals surface area (Å²) < 4.78 is 25.8. The van der Waals surface area contributed by atoms with Crippen LogP contribution < -0.4 is 15.8 Å². The lowest BCUT2D eigenvalue weighted by Gasteiger charge is -2.18. The molecule has 4 N–H and O–H groups in total. The van der Waals surface area contributed by atoms with Crippen molar-refractivity contribution in [2.24, 2.45) is 5.73 Å². The molecular formula is C14H23N3O3S. The van der Waals surface area contributed by atoms with E-state index in [1.807, 2.05) is 6.92 Å². The Morgan fingerprint density at radius 2 is 2.05 bits per heavy atom. The zero-order chi connectivity index (χ0) is 16.0. The first kappa shape index (κ1) is 17.6. The quantitative estimate of drug-likeness (QED) is 0.696. The molecule has 1 aromatic rings. The molecule has 7 heteroatoms. The van der Waals surface area contributed by atoms with E-state index in [0.717, 1.165) is 6.42 Å². The van der Waals surface area contributed by atoms with Crippen LogP contribution in [0.3, 0.4) is 0 Å². The number of hydrogen-bond acceptors (Lipinski definition) is 4. The molecule has 21 heavy (non-hydrogen) atoms.